The molecule has 1 unspecified atom stereocenters. The van der Waals surface area contributed by atoms with Gasteiger partial charge in [-0.05, 0) is 31.4 Å². The standard InChI is InChI=1S/C16H18F2N2/c1-11-2-4-12(5-3-11)6-9-16(20-19)14-8-7-13(17)10-15(14)18/h2-5,7-8,10,16,20H,6,9,19H2,1H3. The molecule has 0 aliphatic carbocycles. The second-order valence-corrected chi connectivity index (χ2v) is 4.91. The maximum Gasteiger partial charge on any atom is 0.130 e. The van der Waals surface area contributed by atoms with Crippen molar-refractivity contribution >= 4 is 0 Å². The molecule has 0 spiro atoms. The molecule has 20 heavy (non-hydrogen) atoms. The van der Waals surface area contributed by atoms with Crippen molar-refractivity contribution in [3.05, 3.63) is 70.8 Å². The Morgan fingerprint density at radius 1 is 1.10 bits per heavy atom. The van der Waals surface area contributed by atoms with Crippen LogP contribution in [0, 0.1) is 18.6 Å². The fourth-order valence-corrected chi connectivity index (χ4v) is 2.18. The van der Waals surface area contributed by atoms with E-state index in [-0.39, 0.29) is 6.04 Å². The highest BCUT2D eigenvalue weighted by Crippen LogP contribution is 2.22. The molecular weight excluding hydrogens is 258 g/mol. The van der Waals surface area contributed by atoms with Crippen molar-refractivity contribution in [3.8, 4) is 0 Å². The normalized spacial score (nSPS) is 12.4. The van der Waals surface area contributed by atoms with E-state index >= 15 is 0 Å². The molecule has 0 saturated heterocycles. The third kappa shape index (κ3) is 3.62. The number of hydrazine groups is 1. The third-order valence-corrected chi connectivity index (χ3v) is 3.38. The van der Waals surface area contributed by atoms with Crippen molar-refractivity contribution in [1.82, 2.24) is 5.43 Å². The van der Waals surface area contributed by atoms with Gasteiger partial charge in [0.05, 0.1) is 0 Å². The molecule has 3 N–H and O–H groups in total. The predicted octanol–water partition coefficient (Wildman–Crippen LogP) is 3.41. The van der Waals surface area contributed by atoms with Crippen molar-refractivity contribution in [2.24, 2.45) is 5.84 Å². The molecule has 0 heterocycles. The van der Waals surface area contributed by atoms with Gasteiger partial charge in [0.2, 0.25) is 0 Å². The summed E-state index contributed by atoms with van der Waals surface area (Å²) < 4.78 is 26.6. The lowest BCUT2D eigenvalue weighted by Crippen LogP contribution is -2.29. The fourth-order valence-electron chi connectivity index (χ4n) is 2.18. The largest absolute Gasteiger partial charge is 0.271 e. The monoisotopic (exact) mass is 276 g/mol. The zero-order chi connectivity index (χ0) is 14.5. The summed E-state index contributed by atoms with van der Waals surface area (Å²) in [6.07, 6.45) is 1.41. The average Bonchev–Trinajstić information content (AvgIpc) is 2.43. The Bertz CT molecular complexity index is 567. The predicted molar refractivity (Wildman–Crippen MR) is 75.9 cm³/mol. The van der Waals surface area contributed by atoms with Crippen molar-refractivity contribution in [1.29, 1.82) is 0 Å². The second-order valence-electron chi connectivity index (χ2n) is 4.91. The Morgan fingerprint density at radius 3 is 2.40 bits per heavy atom. The summed E-state index contributed by atoms with van der Waals surface area (Å²) in [5.74, 6) is 4.33. The zero-order valence-corrected chi connectivity index (χ0v) is 11.4. The first-order valence-corrected chi connectivity index (χ1v) is 6.57. The minimum Gasteiger partial charge on any atom is -0.271 e. The van der Waals surface area contributed by atoms with E-state index in [4.69, 9.17) is 5.84 Å². The Hall–Kier alpha value is -1.78. The molecule has 0 amide bonds. The summed E-state index contributed by atoms with van der Waals surface area (Å²) in [5, 5.41) is 0. The fraction of sp³-hybridized carbons (Fsp3) is 0.250. The first-order chi connectivity index (χ1) is 9.60. The summed E-state index contributed by atoms with van der Waals surface area (Å²) in [6, 6.07) is 11.4. The molecule has 106 valence electrons. The summed E-state index contributed by atoms with van der Waals surface area (Å²) in [6.45, 7) is 2.03. The summed E-state index contributed by atoms with van der Waals surface area (Å²) in [5.41, 5.74) is 5.35. The number of benzene rings is 2. The van der Waals surface area contributed by atoms with Gasteiger partial charge in [-0.25, -0.2) is 8.78 Å². The van der Waals surface area contributed by atoms with E-state index in [1.54, 1.807) is 0 Å². The molecule has 2 nitrogen and oxygen atoms in total. The van der Waals surface area contributed by atoms with Gasteiger partial charge in [-0.1, -0.05) is 35.9 Å². The van der Waals surface area contributed by atoms with Gasteiger partial charge in [0.25, 0.3) is 0 Å². The minimum absolute atomic E-state index is 0.336. The minimum atomic E-state index is -0.583. The van der Waals surface area contributed by atoms with E-state index in [0.29, 0.717) is 12.0 Å². The van der Waals surface area contributed by atoms with Gasteiger partial charge in [-0.3, -0.25) is 11.3 Å². The van der Waals surface area contributed by atoms with Crippen LogP contribution in [0.25, 0.3) is 0 Å². The molecule has 2 aromatic carbocycles. The highest BCUT2D eigenvalue weighted by molar-refractivity contribution is 5.24. The number of rotatable bonds is 5. The molecule has 0 radical (unpaired) electrons. The SMILES string of the molecule is Cc1ccc(CCC(NN)c2ccc(F)cc2F)cc1. The van der Waals surface area contributed by atoms with Crippen LogP contribution in [-0.2, 0) is 6.42 Å². The van der Waals surface area contributed by atoms with Crippen LogP contribution in [-0.4, -0.2) is 0 Å². The number of nitrogens with two attached hydrogens (primary N) is 1. The lowest BCUT2D eigenvalue weighted by atomic mass is 9.98. The molecule has 0 fully saturated rings. The lowest BCUT2D eigenvalue weighted by Gasteiger charge is -2.17. The lowest BCUT2D eigenvalue weighted by molar-refractivity contribution is 0.480. The molecule has 0 aromatic heterocycles. The maximum absolute atomic E-state index is 13.7. The van der Waals surface area contributed by atoms with E-state index < -0.39 is 11.6 Å². The summed E-state index contributed by atoms with van der Waals surface area (Å²) >= 11 is 0. The number of halogens is 2. The Morgan fingerprint density at radius 2 is 1.80 bits per heavy atom. The van der Waals surface area contributed by atoms with Crippen LogP contribution in [0.5, 0.6) is 0 Å². The van der Waals surface area contributed by atoms with Crippen LogP contribution in [0.3, 0.4) is 0 Å². The van der Waals surface area contributed by atoms with Crippen molar-refractivity contribution in [2.75, 3.05) is 0 Å². The van der Waals surface area contributed by atoms with Crippen LogP contribution in [0.2, 0.25) is 0 Å². The van der Waals surface area contributed by atoms with Crippen molar-refractivity contribution in [2.45, 2.75) is 25.8 Å². The number of nitrogens with one attached hydrogen (secondary N) is 1. The van der Waals surface area contributed by atoms with E-state index in [2.05, 4.69) is 5.43 Å². The molecule has 1 atom stereocenters. The molecule has 4 heteroatoms. The van der Waals surface area contributed by atoms with Crippen LogP contribution in [0.15, 0.2) is 42.5 Å². The van der Waals surface area contributed by atoms with Gasteiger partial charge < -0.3 is 0 Å². The van der Waals surface area contributed by atoms with E-state index in [1.165, 1.54) is 23.3 Å². The van der Waals surface area contributed by atoms with Crippen LogP contribution in [0.4, 0.5) is 8.78 Å². The molecule has 0 saturated carbocycles. The first-order valence-electron chi connectivity index (χ1n) is 6.57. The first kappa shape index (κ1) is 14.6. The van der Waals surface area contributed by atoms with Gasteiger partial charge in [-0.15, -0.1) is 0 Å². The molecule has 0 aliphatic rings. The molecule has 0 aliphatic heterocycles. The van der Waals surface area contributed by atoms with Gasteiger partial charge in [-0.2, -0.15) is 0 Å². The van der Waals surface area contributed by atoms with Gasteiger partial charge in [0.1, 0.15) is 11.6 Å². The quantitative estimate of drug-likeness (QED) is 0.649. The van der Waals surface area contributed by atoms with E-state index in [9.17, 15) is 8.78 Å². The number of aryl methyl sites for hydroxylation is 2. The Balaban J connectivity index is 2.07. The zero-order valence-electron chi connectivity index (χ0n) is 11.4. The highest BCUT2D eigenvalue weighted by atomic mass is 19.1. The van der Waals surface area contributed by atoms with Gasteiger partial charge in [0, 0.05) is 17.7 Å². The second kappa shape index (κ2) is 6.59. The van der Waals surface area contributed by atoms with Gasteiger partial charge >= 0.3 is 0 Å². The smallest absolute Gasteiger partial charge is 0.130 e. The molecule has 2 rings (SSSR count). The topological polar surface area (TPSA) is 38.0 Å². The number of hydrogen-bond acceptors (Lipinski definition) is 2. The van der Waals surface area contributed by atoms with Crippen molar-refractivity contribution < 1.29 is 8.78 Å². The molecule has 0 bridgehead atoms. The van der Waals surface area contributed by atoms with E-state index in [0.717, 1.165) is 12.5 Å². The Labute approximate surface area is 117 Å². The number of hydrogen-bond donors (Lipinski definition) is 2. The van der Waals surface area contributed by atoms with Gasteiger partial charge in [0.15, 0.2) is 0 Å². The van der Waals surface area contributed by atoms with Crippen molar-refractivity contribution in [3.63, 3.8) is 0 Å². The molecule has 2 aromatic rings. The summed E-state index contributed by atoms with van der Waals surface area (Å²) in [7, 11) is 0. The van der Waals surface area contributed by atoms with Crippen LogP contribution >= 0.6 is 0 Å². The third-order valence-electron chi connectivity index (χ3n) is 3.38. The average molecular weight is 276 g/mol. The van der Waals surface area contributed by atoms with Crippen LogP contribution in [0.1, 0.15) is 29.2 Å². The summed E-state index contributed by atoms with van der Waals surface area (Å²) in [4.78, 5) is 0. The highest BCUT2D eigenvalue weighted by Gasteiger charge is 2.15. The Kier molecular flexibility index (Phi) is 4.82. The van der Waals surface area contributed by atoms with E-state index in [1.807, 2.05) is 31.2 Å². The molecular formula is C16H18F2N2. The maximum atomic E-state index is 13.7. The van der Waals surface area contributed by atoms with Crippen LogP contribution < -0.4 is 11.3 Å².